The molecule has 2 aliphatic rings. The van der Waals surface area contributed by atoms with E-state index in [2.05, 4.69) is 9.88 Å². The third-order valence-electron chi connectivity index (χ3n) is 5.08. The summed E-state index contributed by atoms with van der Waals surface area (Å²) >= 11 is 1.61. The van der Waals surface area contributed by atoms with E-state index in [1.54, 1.807) is 11.3 Å². The first kappa shape index (κ1) is 13.3. The van der Waals surface area contributed by atoms with Gasteiger partial charge in [0.2, 0.25) is 0 Å². The molecule has 1 aliphatic heterocycles. The molecule has 1 aromatic heterocycles. The van der Waals surface area contributed by atoms with Gasteiger partial charge in [0.1, 0.15) is 0 Å². The summed E-state index contributed by atoms with van der Waals surface area (Å²) in [4.78, 5) is 19.4. The molecule has 2 fully saturated rings. The van der Waals surface area contributed by atoms with Gasteiger partial charge in [0.15, 0.2) is 0 Å². The van der Waals surface area contributed by atoms with Crippen LogP contribution in [0.1, 0.15) is 48.9 Å². The largest absolute Gasteiger partial charge is 0.335 e. The summed E-state index contributed by atoms with van der Waals surface area (Å²) in [5, 5.41) is 0. The lowest BCUT2D eigenvalue weighted by atomic mass is 9.78. The molecule has 1 aromatic carbocycles. The second-order valence-corrected chi connectivity index (χ2v) is 7.17. The zero-order chi connectivity index (χ0) is 14.2. The maximum atomic E-state index is 12.9. The molecule has 0 bridgehead atoms. The minimum Gasteiger partial charge on any atom is -0.335 e. The molecule has 0 spiro atoms. The number of fused-ring (bicyclic) bond motifs is 2. The third-order valence-corrected chi connectivity index (χ3v) is 5.87. The van der Waals surface area contributed by atoms with Crippen molar-refractivity contribution >= 4 is 27.5 Å². The number of rotatable bonds is 1. The molecule has 0 radical (unpaired) electrons. The van der Waals surface area contributed by atoms with Gasteiger partial charge in [0.25, 0.3) is 5.91 Å². The lowest BCUT2D eigenvalue weighted by Gasteiger charge is -2.44. The summed E-state index contributed by atoms with van der Waals surface area (Å²) in [6, 6.07) is 6.41. The number of carbonyl (C=O) groups excluding carboxylic acids is 1. The molecule has 1 saturated carbocycles. The van der Waals surface area contributed by atoms with Gasteiger partial charge in [-0.2, -0.15) is 0 Å². The first-order valence-corrected chi connectivity index (χ1v) is 8.85. The van der Waals surface area contributed by atoms with Crippen LogP contribution in [0.4, 0.5) is 0 Å². The van der Waals surface area contributed by atoms with Crippen molar-refractivity contribution in [1.82, 2.24) is 9.88 Å². The van der Waals surface area contributed by atoms with Crippen LogP contribution in [-0.2, 0) is 0 Å². The van der Waals surface area contributed by atoms with Crippen LogP contribution in [0.5, 0.6) is 0 Å². The Kier molecular flexibility index (Phi) is 3.42. The van der Waals surface area contributed by atoms with E-state index in [1.165, 1.54) is 32.1 Å². The molecule has 1 saturated heterocycles. The van der Waals surface area contributed by atoms with E-state index in [-0.39, 0.29) is 5.91 Å². The molecule has 1 amide bonds. The fraction of sp³-hybridized carbons (Fsp3) is 0.529. The van der Waals surface area contributed by atoms with Crippen molar-refractivity contribution in [3.8, 4) is 0 Å². The van der Waals surface area contributed by atoms with Crippen molar-refractivity contribution in [2.75, 3.05) is 6.54 Å². The van der Waals surface area contributed by atoms with E-state index < -0.39 is 0 Å². The number of carbonyl (C=O) groups is 1. The van der Waals surface area contributed by atoms with Crippen LogP contribution in [0, 0.1) is 5.92 Å². The first-order valence-electron chi connectivity index (χ1n) is 7.97. The number of nitrogens with zero attached hydrogens (tertiary/aromatic N) is 2. The summed E-state index contributed by atoms with van der Waals surface area (Å²) in [5.74, 6) is 0.963. The van der Waals surface area contributed by atoms with Gasteiger partial charge in [-0.3, -0.25) is 4.79 Å². The Bertz CT molecular complexity index is 664. The van der Waals surface area contributed by atoms with Crippen LogP contribution in [0.25, 0.3) is 10.2 Å². The first-order chi connectivity index (χ1) is 10.3. The number of amides is 1. The molecule has 110 valence electrons. The molecule has 2 unspecified atom stereocenters. The van der Waals surface area contributed by atoms with Gasteiger partial charge in [-0.25, -0.2) is 4.98 Å². The molecule has 2 aromatic rings. The summed E-state index contributed by atoms with van der Waals surface area (Å²) < 4.78 is 1.11. The average Bonchev–Trinajstić information content (AvgIpc) is 3.01. The standard InChI is InChI=1S/C17H20N2OS/c20-17(13-7-8-14-16(10-13)21-11-18-14)19-9-3-5-12-4-1-2-6-15(12)19/h7-8,10-12,15H,1-6,9H2. The van der Waals surface area contributed by atoms with Gasteiger partial charge in [-0.1, -0.05) is 12.8 Å². The highest BCUT2D eigenvalue weighted by Crippen LogP contribution is 2.36. The molecule has 0 N–H and O–H groups in total. The number of hydrogen-bond acceptors (Lipinski definition) is 3. The quantitative estimate of drug-likeness (QED) is 0.794. The third kappa shape index (κ3) is 2.35. The van der Waals surface area contributed by atoms with Gasteiger partial charge < -0.3 is 4.90 Å². The monoisotopic (exact) mass is 300 g/mol. The Labute approximate surface area is 129 Å². The Hall–Kier alpha value is -1.42. The van der Waals surface area contributed by atoms with Crippen molar-refractivity contribution in [2.45, 2.75) is 44.6 Å². The minimum absolute atomic E-state index is 0.224. The number of piperidine rings is 1. The predicted molar refractivity (Wildman–Crippen MR) is 85.6 cm³/mol. The smallest absolute Gasteiger partial charge is 0.254 e. The average molecular weight is 300 g/mol. The Morgan fingerprint density at radius 2 is 2.05 bits per heavy atom. The fourth-order valence-corrected chi connectivity index (χ4v) is 4.75. The minimum atomic E-state index is 0.224. The second kappa shape index (κ2) is 5.41. The molecule has 4 rings (SSSR count). The van der Waals surface area contributed by atoms with Crippen LogP contribution in [0.2, 0.25) is 0 Å². The molecule has 2 heterocycles. The van der Waals surface area contributed by atoms with Gasteiger partial charge >= 0.3 is 0 Å². The van der Waals surface area contributed by atoms with Crippen molar-refractivity contribution in [3.05, 3.63) is 29.3 Å². The number of benzene rings is 1. The highest BCUT2D eigenvalue weighted by molar-refractivity contribution is 7.16. The van der Waals surface area contributed by atoms with E-state index in [4.69, 9.17) is 0 Å². The highest BCUT2D eigenvalue weighted by atomic mass is 32.1. The van der Waals surface area contributed by atoms with Gasteiger partial charge in [-0.05, 0) is 49.8 Å². The zero-order valence-corrected chi connectivity index (χ0v) is 12.9. The zero-order valence-electron chi connectivity index (χ0n) is 12.1. The number of thiazole rings is 1. The maximum absolute atomic E-state index is 12.9. The van der Waals surface area contributed by atoms with E-state index in [0.717, 1.165) is 34.7 Å². The number of aromatic nitrogens is 1. The number of hydrogen-bond donors (Lipinski definition) is 0. The van der Waals surface area contributed by atoms with Crippen LogP contribution in [0.15, 0.2) is 23.7 Å². The molecule has 2 atom stereocenters. The normalized spacial score (nSPS) is 25.8. The number of likely N-dealkylation sites (tertiary alicyclic amines) is 1. The van der Waals surface area contributed by atoms with Crippen molar-refractivity contribution < 1.29 is 4.79 Å². The van der Waals surface area contributed by atoms with E-state index >= 15 is 0 Å². The summed E-state index contributed by atoms with van der Waals surface area (Å²) in [6.45, 7) is 0.931. The van der Waals surface area contributed by atoms with Gasteiger partial charge in [-0.15, -0.1) is 11.3 Å². The molecular formula is C17H20N2OS. The summed E-state index contributed by atoms with van der Waals surface area (Å²) in [7, 11) is 0. The summed E-state index contributed by atoms with van der Waals surface area (Å²) in [6.07, 6.45) is 7.59. The van der Waals surface area contributed by atoms with Crippen LogP contribution >= 0.6 is 11.3 Å². The summed E-state index contributed by atoms with van der Waals surface area (Å²) in [5.41, 5.74) is 3.67. The molecule has 4 heteroatoms. The Morgan fingerprint density at radius 3 is 3.00 bits per heavy atom. The maximum Gasteiger partial charge on any atom is 0.254 e. The molecular weight excluding hydrogens is 280 g/mol. The van der Waals surface area contributed by atoms with Crippen molar-refractivity contribution in [2.24, 2.45) is 5.92 Å². The van der Waals surface area contributed by atoms with Gasteiger partial charge in [0, 0.05) is 18.2 Å². The topological polar surface area (TPSA) is 33.2 Å². The van der Waals surface area contributed by atoms with E-state index in [1.807, 2.05) is 23.7 Å². The van der Waals surface area contributed by atoms with E-state index in [9.17, 15) is 4.79 Å². The molecule has 21 heavy (non-hydrogen) atoms. The molecule has 3 nitrogen and oxygen atoms in total. The van der Waals surface area contributed by atoms with Crippen molar-refractivity contribution in [1.29, 1.82) is 0 Å². The SMILES string of the molecule is O=C(c1ccc2ncsc2c1)N1CCCC2CCCCC21. The second-order valence-electron chi connectivity index (χ2n) is 6.29. The molecule has 1 aliphatic carbocycles. The highest BCUT2D eigenvalue weighted by Gasteiger charge is 2.35. The Morgan fingerprint density at radius 1 is 1.19 bits per heavy atom. The van der Waals surface area contributed by atoms with Gasteiger partial charge in [0.05, 0.1) is 15.7 Å². The van der Waals surface area contributed by atoms with Crippen molar-refractivity contribution in [3.63, 3.8) is 0 Å². The van der Waals surface area contributed by atoms with Crippen LogP contribution in [0.3, 0.4) is 0 Å². The predicted octanol–water partition coefficient (Wildman–Crippen LogP) is 4.09. The Balaban J connectivity index is 1.63. The van der Waals surface area contributed by atoms with Crippen LogP contribution < -0.4 is 0 Å². The van der Waals surface area contributed by atoms with E-state index in [0.29, 0.717) is 6.04 Å². The fourth-order valence-electron chi connectivity index (χ4n) is 4.03. The lowest BCUT2D eigenvalue weighted by Crippen LogP contribution is -2.49. The lowest BCUT2D eigenvalue weighted by molar-refractivity contribution is 0.0391. The van der Waals surface area contributed by atoms with Crippen LogP contribution in [-0.4, -0.2) is 28.4 Å².